The lowest BCUT2D eigenvalue weighted by Crippen LogP contribution is -2.53. The molecule has 4 rings (SSSR count). The second-order valence-corrected chi connectivity index (χ2v) is 6.52. The fourth-order valence-corrected chi connectivity index (χ4v) is 4.12. The highest BCUT2D eigenvalue weighted by atomic mass is 32.2. The average Bonchev–Trinajstić information content (AvgIpc) is 2.84. The Morgan fingerprint density at radius 2 is 2.04 bits per heavy atom. The number of fused-ring (bicyclic) bond motifs is 2. The van der Waals surface area contributed by atoms with Crippen LogP contribution in [0.2, 0.25) is 0 Å². The number of cyclic esters (lactones) is 1. The Labute approximate surface area is 135 Å². The molecule has 7 heteroatoms. The minimum atomic E-state index is -1.15. The summed E-state index contributed by atoms with van der Waals surface area (Å²) in [6.07, 6.45) is 1.92. The number of rotatable bonds is 2. The van der Waals surface area contributed by atoms with Gasteiger partial charge < -0.3 is 9.84 Å². The van der Waals surface area contributed by atoms with Crippen molar-refractivity contribution in [1.29, 1.82) is 0 Å². The fourth-order valence-electron chi connectivity index (χ4n) is 2.90. The molecule has 1 atom stereocenters. The van der Waals surface area contributed by atoms with Crippen LogP contribution in [0.25, 0.3) is 5.76 Å². The molecule has 23 heavy (non-hydrogen) atoms. The van der Waals surface area contributed by atoms with Gasteiger partial charge in [-0.05, 0) is 17.7 Å². The average molecular weight is 329 g/mol. The van der Waals surface area contributed by atoms with Crippen molar-refractivity contribution in [3.05, 3.63) is 52.7 Å². The van der Waals surface area contributed by atoms with Crippen LogP contribution in [0.4, 0.5) is 0 Å². The smallest absolute Gasteiger partial charge is 0.352 e. The Morgan fingerprint density at radius 3 is 2.74 bits per heavy atom. The first-order chi connectivity index (χ1) is 11.1. The van der Waals surface area contributed by atoms with Gasteiger partial charge in [0.2, 0.25) is 5.91 Å². The number of nitrogens with zero attached hydrogens (tertiary/aromatic N) is 1. The minimum absolute atomic E-state index is 0.0158. The van der Waals surface area contributed by atoms with Crippen molar-refractivity contribution < 1.29 is 24.2 Å². The minimum Gasteiger partial charge on any atom is -0.477 e. The van der Waals surface area contributed by atoms with Crippen LogP contribution >= 0.6 is 11.8 Å². The summed E-state index contributed by atoms with van der Waals surface area (Å²) in [4.78, 5) is 36.5. The molecule has 1 fully saturated rings. The Hall–Kier alpha value is -2.54. The number of β-lactam (4-membered cyclic amide) rings is 1. The van der Waals surface area contributed by atoms with E-state index in [2.05, 4.69) is 0 Å². The molecule has 1 aromatic carbocycles. The van der Waals surface area contributed by atoms with Crippen molar-refractivity contribution >= 4 is 35.4 Å². The summed E-state index contributed by atoms with van der Waals surface area (Å²) in [6, 6.07) is 6.94. The van der Waals surface area contributed by atoms with Gasteiger partial charge in [-0.1, -0.05) is 18.2 Å². The molecule has 3 heterocycles. The van der Waals surface area contributed by atoms with Gasteiger partial charge in [-0.2, -0.15) is 0 Å². The predicted molar refractivity (Wildman–Crippen MR) is 82.2 cm³/mol. The summed E-state index contributed by atoms with van der Waals surface area (Å²) in [5, 5.41) is 9.37. The van der Waals surface area contributed by atoms with Gasteiger partial charge in [-0.25, -0.2) is 9.59 Å². The molecule has 3 aliphatic rings. The lowest BCUT2D eigenvalue weighted by Gasteiger charge is -2.43. The maximum Gasteiger partial charge on any atom is 0.352 e. The summed E-state index contributed by atoms with van der Waals surface area (Å²) >= 11 is 1.51. The van der Waals surface area contributed by atoms with Crippen molar-refractivity contribution in [2.45, 2.75) is 11.8 Å². The second-order valence-electron chi connectivity index (χ2n) is 5.36. The zero-order chi connectivity index (χ0) is 16.1. The first-order valence-electron chi connectivity index (χ1n) is 6.99. The molecule has 0 saturated carbocycles. The quantitative estimate of drug-likeness (QED) is 0.658. The molecular weight excluding hydrogens is 318 g/mol. The number of aliphatic carboxylic acids is 1. The van der Waals surface area contributed by atoms with E-state index in [-0.39, 0.29) is 17.0 Å². The summed E-state index contributed by atoms with van der Waals surface area (Å²) < 4.78 is 5.25. The Bertz CT molecular complexity index is 826. The number of esters is 1. The largest absolute Gasteiger partial charge is 0.477 e. The number of carboxylic acids is 1. The summed E-state index contributed by atoms with van der Waals surface area (Å²) in [7, 11) is 0. The van der Waals surface area contributed by atoms with Gasteiger partial charge in [0.25, 0.3) is 0 Å². The van der Waals surface area contributed by atoms with Crippen LogP contribution in [-0.4, -0.2) is 39.0 Å². The molecule has 0 aliphatic carbocycles. The van der Waals surface area contributed by atoms with Gasteiger partial charge in [0.15, 0.2) is 0 Å². The van der Waals surface area contributed by atoms with E-state index >= 15 is 0 Å². The number of hydrogen-bond acceptors (Lipinski definition) is 5. The highest BCUT2D eigenvalue weighted by Gasteiger charge is 2.45. The molecule has 0 unspecified atom stereocenters. The maximum atomic E-state index is 11.8. The van der Waals surface area contributed by atoms with E-state index in [0.29, 0.717) is 34.6 Å². The monoisotopic (exact) mass is 329 g/mol. The molecular formula is C16H11NO5S. The van der Waals surface area contributed by atoms with Crippen LogP contribution in [0.1, 0.15) is 22.3 Å². The standard InChI is InChI=1S/C16H11NO5S/c18-12-6-13-17(12)14(15(19)20)8(7-23-13)5-11-9-3-1-2-4-10(9)16(21)22-11/h1-5,13H,6-7H2,(H,19,20)/b11-5+/t13-/m1/s1. The summed E-state index contributed by atoms with van der Waals surface area (Å²) in [6.45, 7) is 0. The van der Waals surface area contributed by atoms with E-state index in [1.54, 1.807) is 30.3 Å². The van der Waals surface area contributed by atoms with E-state index in [1.807, 2.05) is 0 Å². The first-order valence-corrected chi connectivity index (χ1v) is 8.04. The molecule has 116 valence electrons. The van der Waals surface area contributed by atoms with Crippen molar-refractivity contribution in [3.8, 4) is 0 Å². The molecule has 1 saturated heterocycles. The van der Waals surface area contributed by atoms with Crippen LogP contribution in [0, 0.1) is 0 Å². The number of carbonyl (C=O) groups excluding carboxylic acids is 2. The number of amides is 1. The number of carboxylic acid groups (broad SMARTS) is 1. The number of benzene rings is 1. The first kappa shape index (κ1) is 14.1. The highest BCUT2D eigenvalue weighted by molar-refractivity contribution is 8.00. The van der Waals surface area contributed by atoms with Gasteiger partial charge in [-0.15, -0.1) is 11.8 Å². The Balaban J connectivity index is 1.81. The SMILES string of the molecule is O=C(O)C1=C(/C=C2/OC(=O)c3ccccc32)CS[C@@H]2CC(=O)N12. The molecule has 0 aromatic heterocycles. The topological polar surface area (TPSA) is 83.9 Å². The number of thioether (sulfide) groups is 1. The Kier molecular flexibility index (Phi) is 3.05. The van der Waals surface area contributed by atoms with Crippen molar-refractivity contribution in [1.82, 2.24) is 4.90 Å². The zero-order valence-corrected chi connectivity index (χ0v) is 12.6. The molecule has 0 radical (unpaired) electrons. The number of hydrogen-bond donors (Lipinski definition) is 1. The van der Waals surface area contributed by atoms with Gasteiger partial charge in [0, 0.05) is 11.3 Å². The molecule has 1 N–H and O–H groups in total. The van der Waals surface area contributed by atoms with Crippen LogP contribution in [0.15, 0.2) is 41.6 Å². The van der Waals surface area contributed by atoms with Gasteiger partial charge in [0.05, 0.1) is 17.4 Å². The van der Waals surface area contributed by atoms with Crippen LogP contribution in [-0.2, 0) is 14.3 Å². The zero-order valence-electron chi connectivity index (χ0n) is 11.8. The van der Waals surface area contributed by atoms with E-state index in [0.717, 1.165) is 0 Å². The van der Waals surface area contributed by atoms with Gasteiger partial charge in [0.1, 0.15) is 11.5 Å². The molecule has 6 nitrogen and oxygen atoms in total. The second kappa shape index (κ2) is 4.99. The summed E-state index contributed by atoms with van der Waals surface area (Å²) in [5.41, 5.74) is 1.55. The lowest BCUT2D eigenvalue weighted by atomic mass is 10.0. The maximum absolute atomic E-state index is 11.8. The summed E-state index contributed by atoms with van der Waals surface area (Å²) in [5.74, 6) is -1.01. The van der Waals surface area contributed by atoms with Crippen molar-refractivity contribution in [2.75, 3.05) is 5.75 Å². The number of allylic oxidation sites excluding steroid dienone is 1. The molecule has 3 aliphatic heterocycles. The van der Waals surface area contributed by atoms with Crippen molar-refractivity contribution in [3.63, 3.8) is 0 Å². The number of ether oxygens (including phenoxy) is 1. The van der Waals surface area contributed by atoms with Crippen LogP contribution in [0.3, 0.4) is 0 Å². The molecule has 1 aromatic rings. The third kappa shape index (κ3) is 2.08. The van der Waals surface area contributed by atoms with E-state index in [1.165, 1.54) is 16.7 Å². The predicted octanol–water partition coefficient (Wildman–Crippen LogP) is 1.84. The normalized spacial score (nSPS) is 24.3. The van der Waals surface area contributed by atoms with Crippen LogP contribution < -0.4 is 0 Å². The fraction of sp³-hybridized carbons (Fsp3) is 0.188. The van der Waals surface area contributed by atoms with Gasteiger partial charge >= 0.3 is 11.9 Å². The van der Waals surface area contributed by atoms with Gasteiger partial charge in [-0.3, -0.25) is 9.69 Å². The molecule has 0 bridgehead atoms. The molecule has 0 spiro atoms. The highest BCUT2D eigenvalue weighted by Crippen LogP contribution is 2.41. The lowest BCUT2D eigenvalue weighted by molar-refractivity contribution is -0.146. The van der Waals surface area contributed by atoms with E-state index in [4.69, 9.17) is 4.74 Å². The molecule has 1 amide bonds. The third-order valence-corrected chi connectivity index (χ3v) is 5.25. The van der Waals surface area contributed by atoms with Crippen molar-refractivity contribution in [2.24, 2.45) is 0 Å². The number of carbonyl (C=O) groups is 3. The van der Waals surface area contributed by atoms with E-state index in [9.17, 15) is 19.5 Å². The van der Waals surface area contributed by atoms with Crippen LogP contribution in [0.5, 0.6) is 0 Å². The van der Waals surface area contributed by atoms with E-state index < -0.39 is 11.9 Å². The third-order valence-electron chi connectivity index (χ3n) is 4.01. The Morgan fingerprint density at radius 1 is 1.30 bits per heavy atom.